The average molecular weight is 369 g/mol. The van der Waals surface area contributed by atoms with E-state index < -0.39 is 0 Å². The first-order chi connectivity index (χ1) is 12.6. The molecular weight excluding hydrogens is 349 g/mol. The molecule has 0 atom stereocenters. The molecule has 4 rings (SSSR count). The van der Waals surface area contributed by atoms with Gasteiger partial charge in [0.05, 0.1) is 6.67 Å². The van der Waals surface area contributed by atoms with Crippen LogP contribution in [-0.2, 0) is 20.3 Å². The van der Waals surface area contributed by atoms with Gasteiger partial charge in [0.1, 0.15) is 5.82 Å². The van der Waals surface area contributed by atoms with E-state index in [0.29, 0.717) is 17.5 Å². The minimum atomic E-state index is -0.208. The zero-order valence-corrected chi connectivity index (χ0v) is 15.4. The topological polar surface area (TPSA) is 38.9 Å². The monoisotopic (exact) mass is 369 g/mol. The Morgan fingerprint density at radius 3 is 2.50 bits per heavy atom. The van der Waals surface area contributed by atoms with Crippen LogP contribution in [0.3, 0.4) is 0 Å². The number of rotatable bonds is 6. The normalized spacial score (nSPS) is 14.1. The summed E-state index contributed by atoms with van der Waals surface area (Å²) in [4.78, 5) is 6.41. The third-order valence-electron chi connectivity index (χ3n) is 4.66. The summed E-state index contributed by atoms with van der Waals surface area (Å²) in [6, 6.07) is 11.1. The first-order valence-electron chi connectivity index (χ1n) is 8.64. The highest BCUT2D eigenvalue weighted by molar-refractivity contribution is 7.71. The van der Waals surface area contributed by atoms with Crippen molar-refractivity contribution in [3.8, 4) is 11.4 Å². The number of pyridine rings is 1. The van der Waals surface area contributed by atoms with Crippen molar-refractivity contribution in [3.05, 3.63) is 64.9 Å². The minimum absolute atomic E-state index is 0.208. The van der Waals surface area contributed by atoms with E-state index in [2.05, 4.69) is 9.88 Å². The van der Waals surface area contributed by atoms with Crippen molar-refractivity contribution < 1.29 is 4.39 Å². The fraction of sp³-hybridized carbons (Fsp3) is 0.316. The lowest BCUT2D eigenvalue weighted by atomic mass is 10.2. The Balaban J connectivity index is 1.58. The Kier molecular flexibility index (Phi) is 4.65. The van der Waals surface area contributed by atoms with Gasteiger partial charge < -0.3 is 4.57 Å². The smallest absolute Gasteiger partial charge is 0.199 e. The summed E-state index contributed by atoms with van der Waals surface area (Å²) in [6.07, 6.45) is 5.86. The maximum absolute atomic E-state index is 13.2. The average Bonchev–Trinajstić information content (AvgIpc) is 3.47. The molecule has 0 radical (unpaired) electrons. The molecule has 0 bridgehead atoms. The fourth-order valence-electron chi connectivity index (χ4n) is 3.06. The summed E-state index contributed by atoms with van der Waals surface area (Å²) in [6.45, 7) is 1.38. The molecule has 1 fully saturated rings. The van der Waals surface area contributed by atoms with Crippen molar-refractivity contribution in [3.63, 3.8) is 0 Å². The van der Waals surface area contributed by atoms with Crippen LogP contribution < -0.4 is 0 Å². The van der Waals surface area contributed by atoms with E-state index in [-0.39, 0.29) is 5.82 Å². The Bertz CT molecular complexity index is 944. The highest BCUT2D eigenvalue weighted by Crippen LogP contribution is 2.29. The number of hydrogen-bond donors (Lipinski definition) is 0. The second kappa shape index (κ2) is 7.09. The van der Waals surface area contributed by atoms with Gasteiger partial charge in [-0.25, -0.2) is 9.07 Å². The molecule has 1 aromatic carbocycles. The van der Waals surface area contributed by atoms with Gasteiger partial charge in [0.2, 0.25) is 0 Å². The van der Waals surface area contributed by atoms with Gasteiger partial charge in [-0.2, -0.15) is 5.10 Å². The highest BCUT2D eigenvalue weighted by Gasteiger charge is 2.29. The van der Waals surface area contributed by atoms with E-state index in [1.54, 1.807) is 12.4 Å². The third-order valence-corrected chi connectivity index (χ3v) is 5.14. The van der Waals surface area contributed by atoms with Crippen molar-refractivity contribution in [2.45, 2.75) is 32.1 Å². The van der Waals surface area contributed by atoms with Crippen LogP contribution in [0.15, 0.2) is 48.8 Å². The summed E-state index contributed by atoms with van der Waals surface area (Å²) in [5.41, 5.74) is 2.08. The number of benzene rings is 1. The second-order valence-electron chi connectivity index (χ2n) is 6.65. The van der Waals surface area contributed by atoms with E-state index >= 15 is 0 Å². The van der Waals surface area contributed by atoms with Crippen LogP contribution in [0.2, 0.25) is 0 Å². The Labute approximate surface area is 156 Å². The molecule has 1 saturated carbocycles. The summed E-state index contributed by atoms with van der Waals surface area (Å²) in [7, 11) is 1.93. The van der Waals surface area contributed by atoms with Gasteiger partial charge in [-0.05, 0) is 54.9 Å². The number of halogens is 1. The van der Waals surface area contributed by atoms with Crippen molar-refractivity contribution in [1.82, 2.24) is 24.2 Å². The van der Waals surface area contributed by atoms with E-state index in [4.69, 9.17) is 17.3 Å². The standard InChI is InChI=1S/C19H20FN5S/c1-23-18(15-8-10-21-11-9-15)22-25(19(23)26)13-24(17-6-7-17)12-14-2-4-16(20)5-3-14/h2-5,8-11,17H,6-7,12-13H2,1H3. The molecule has 0 N–H and O–H groups in total. The fourth-order valence-corrected chi connectivity index (χ4v) is 3.25. The molecule has 5 nitrogen and oxygen atoms in total. The zero-order valence-electron chi connectivity index (χ0n) is 14.5. The number of nitrogens with zero attached hydrogens (tertiary/aromatic N) is 5. The lowest BCUT2D eigenvalue weighted by Crippen LogP contribution is -2.29. The molecule has 1 aliphatic rings. The molecule has 0 unspecified atom stereocenters. The van der Waals surface area contributed by atoms with Gasteiger partial charge in [-0.15, -0.1) is 0 Å². The van der Waals surface area contributed by atoms with Crippen LogP contribution >= 0.6 is 12.2 Å². The molecule has 1 aliphatic carbocycles. The zero-order chi connectivity index (χ0) is 18.1. The van der Waals surface area contributed by atoms with Gasteiger partial charge in [0, 0.05) is 37.6 Å². The van der Waals surface area contributed by atoms with Gasteiger partial charge in [0.25, 0.3) is 0 Å². The molecular formula is C19H20FN5S. The summed E-state index contributed by atoms with van der Waals surface area (Å²) >= 11 is 5.59. The Morgan fingerprint density at radius 2 is 1.85 bits per heavy atom. The van der Waals surface area contributed by atoms with Gasteiger partial charge >= 0.3 is 0 Å². The summed E-state index contributed by atoms with van der Waals surface area (Å²) in [5, 5.41) is 4.73. The maximum Gasteiger partial charge on any atom is 0.199 e. The maximum atomic E-state index is 13.2. The quantitative estimate of drug-likeness (QED) is 0.620. The molecule has 0 amide bonds. The van der Waals surface area contributed by atoms with E-state index in [1.165, 1.54) is 25.0 Å². The number of aromatic nitrogens is 4. The van der Waals surface area contributed by atoms with Crippen LogP contribution in [0.1, 0.15) is 18.4 Å². The molecule has 26 heavy (non-hydrogen) atoms. The molecule has 0 aliphatic heterocycles. The molecule has 7 heteroatoms. The van der Waals surface area contributed by atoms with Crippen LogP contribution in [0.4, 0.5) is 4.39 Å². The Hall–Kier alpha value is -2.38. The van der Waals surface area contributed by atoms with Crippen molar-refractivity contribution in [1.29, 1.82) is 0 Å². The van der Waals surface area contributed by atoms with E-state index in [1.807, 2.05) is 40.6 Å². The van der Waals surface area contributed by atoms with Crippen LogP contribution in [0.5, 0.6) is 0 Å². The molecule has 2 heterocycles. The molecule has 2 aromatic heterocycles. The summed E-state index contributed by atoms with van der Waals surface area (Å²) in [5.74, 6) is 0.621. The van der Waals surface area contributed by atoms with E-state index in [9.17, 15) is 4.39 Å². The molecule has 0 spiro atoms. The Morgan fingerprint density at radius 1 is 1.15 bits per heavy atom. The van der Waals surface area contributed by atoms with Crippen molar-refractivity contribution in [2.24, 2.45) is 7.05 Å². The van der Waals surface area contributed by atoms with Gasteiger partial charge in [-0.1, -0.05) is 12.1 Å². The predicted octanol–water partition coefficient (Wildman–Crippen LogP) is 3.77. The minimum Gasteiger partial charge on any atom is -0.303 e. The lowest BCUT2D eigenvalue weighted by molar-refractivity contribution is 0.186. The first kappa shape index (κ1) is 17.1. The third kappa shape index (κ3) is 3.59. The van der Waals surface area contributed by atoms with Crippen LogP contribution in [0.25, 0.3) is 11.4 Å². The van der Waals surface area contributed by atoms with Crippen LogP contribution in [-0.4, -0.2) is 30.3 Å². The second-order valence-corrected chi connectivity index (χ2v) is 7.01. The molecule has 0 saturated heterocycles. The van der Waals surface area contributed by atoms with Crippen molar-refractivity contribution in [2.75, 3.05) is 0 Å². The molecule has 134 valence electrons. The predicted molar refractivity (Wildman–Crippen MR) is 100 cm³/mol. The molecule has 3 aromatic rings. The van der Waals surface area contributed by atoms with Crippen LogP contribution in [0, 0.1) is 10.6 Å². The van der Waals surface area contributed by atoms with Gasteiger partial charge in [-0.3, -0.25) is 9.88 Å². The SMILES string of the molecule is Cn1c(-c2ccncc2)nn(CN(Cc2ccc(F)cc2)C2CC2)c1=S. The largest absolute Gasteiger partial charge is 0.303 e. The summed E-state index contributed by atoms with van der Waals surface area (Å²) < 4.78 is 17.6. The van der Waals surface area contributed by atoms with Gasteiger partial charge in [0.15, 0.2) is 10.6 Å². The van der Waals surface area contributed by atoms with Crippen molar-refractivity contribution >= 4 is 12.2 Å². The highest BCUT2D eigenvalue weighted by atomic mass is 32.1. The number of hydrogen-bond acceptors (Lipinski definition) is 4. The lowest BCUT2D eigenvalue weighted by Gasteiger charge is -2.21. The first-order valence-corrected chi connectivity index (χ1v) is 9.05. The van der Waals surface area contributed by atoms with E-state index in [0.717, 1.165) is 23.5 Å².